The number of aliphatic hydroxyl groups is 1. The lowest BCUT2D eigenvalue weighted by Gasteiger charge is -2.09. The number of rotatable bonds is 5. The first-order valence-electron chi connectivity index (χ1n) is 6.77. The molecule has 0 bridgehead atoms. The van der Waals surface area contributed by atoms with Crippen molar-refractivity contribution in [3.05, 3.63) is 52.5 Å². The van der Waals surface area contributed by atoms with E-state index in [9.17, 15) is 13.5 Å². The van der Waals surface area contributed by atoms with Crippen LogP contribution in [0.3, 0.4) is 0 Å². The van der Waals surface area contributed by atoms with Gasteiger partial charge in [0.05, 0.1) is 23.8 Å². The zero-order valence-corrected chi connectivity index (χ0v) is 14.6. The Hall–Kier alpha value is -1.68. The lowest BCUT2D eigenvalue weighted by molar-refractivity contribution is 0.136. The van der Waals surface area contributed by atoms with Crippen LogP contribution in [0.5, 0.6) is 0 Å². The molecule has 0 aliphatic rings. The van der Waals surface area contributed by atoms with Gasteiger partial charge in [0.15, 0.2) is 0 Å². The van der Waals surface area contributed by atoms with Gasteiger partial charge in [-0.2, -0.15) is 0 Å². The summed E-state index contributed by atoms with van der Waals surface area (Å²) in [6, 6.07) is 7.27. The van der Waals surface area contributed by atoms with Gasteiger partial charge in [-0.15, -0.1) is 0 Å². The number of imidazole rings is 1. The molecule has 0 amide bonds. The summed E-state index contributed by atoms with van der Waals surface area (Å²) in [4.78, 5) is 7.57. The summed E-state index contributed by atoms with van der Waals surface area (Å²) in [5.74, 6) is 0.680. The van der Waals surface area contributed by atoms with Crippen molar-refractivity contribution >= 4 is 37.0 Å². The molecular weight excluding hydrogens is 384 g/mol. The molecule has 23 heavy (non-hydrogen) atoms. The predicted octanol–water partition coefficient (Wildman–Crippen LogP) is 1.72. The number of aromatic nitrogens is 3. The second kappa shape index (κ2) is 6.08. The molecule has 9 heteroatoms. The highest BCUT2D eigenvalue weighted by Gasteiger charge is 2.13. The first kappa shape index (κ1) is 16.2. The Bertz CT molecular complexity index is 948. The van der Waals surface area contributed by atoms with Crippen molar-refractivity contribution in [2.75, 3.05) is 6.26 Å². The van der Waals surface area contributed by atoms with Gasteiger partial charge in [0.1, 0.15) is 12.1 Å². The molecule has 1 atom stereocenters. The minimum atomic E-state index is -3.35. The van der Waals surface area contributed by atoms with Crippen molar-refractivity contribution in [3.63, 3.8) is 0 Å². The van der Waals surface area contributed by atoms with Crippen molar-refractivity contribution in [2.24, 2.45) is 0 Å². The van der Waals surface area contributed by atoms with Crippen molar-refractivity contribution in [3.8, 4) is 0 Å². The Kier molecular flexibility index (Phi) is 4.28. The van der Waals surface area contributed by atoms with E-state index in [1.54, 1.807) is 6.07 Å². The Morgan fingerprint density at radius 3 is 2.91 bits per heavy atom. The standard InChI is InChI=1S/C14H15BrN4O3S/c1-23(21,22)19-5-4-9(8-19)14(20)16-7-13-17-11-3-2-10(15)6-12(11)18-13/h2-6,8,14,16,20H,7H2,1H3,(H,17,18). The van der Waals surface area contributed by atoms with E-state index in [4.69, 9.17) is 0 Å². The highest BCUT2D eigenvalue weighted by atomic mass is 79.9. The highest BCUT2D eigenvalue weighted by molar-refractivity contribution is 9.10. The molecule has 2 aromatic heterocycles. The van der Waals surface area contributed by atoms with Crippen molar-refractivity contribution in [2.45, 2.75) is 12.8 Å². The van der Waals surface area contributed by atoms with Crippen LogP contribution in [0.25, 0.3) is 11.0 Å². The summed E-state index contributed by atoms with van der Waals surface area (Å²) in [6.07, 6.45) is 2.89. The van der Waals surface area contributed by atoms with Gasteiger partial charge in [-0.25, -0.2) is 13.4 Å². The number of H-pyrrole nitrogens is 1. The second-order valence-corrected chi connectivity index (χ2v) is 7.97. The monoisotopic (exact) mass is 398 g/mol. The molecule has 0 saturated heterocycles. The average molecular weight is 399 g/mol. The summed E-state index contributed by atoms with van der Waals surface area (Å²) < 4.78 is 24.8. The lowest BCUT2D eigenvalue weighted by atomic mass is 10.3. The average Bonchev–Trinajstić information content (AvgIpc) is 3.10. The molecule has 1 aromatic carbocycles. The molecular formula is C14H15BrN4O3S. The number of halogens is 1. The fraction of sp³-hybridized carbons (Fsp3) is 0.214. The molecule has 3 aromatic rings. The van der Waals surface area contributed by atoms with Crippen LogP contribution in [0.15, 0.2) is 41.1 Å². The van der Waals surface area contributed by atoms with Crippen molar-refractivity contribution in [1.29, 1.82) is 0 Å². The predicted molar refractivity (Wildman–Crippen MR) is 90.3 cm³/mol. The molecule has 0 aliphatic carbocycles. The SMILES string of the molecule is CS(=O)(=O)n1ccc(C(O)NCc2nc3ccc(Br)cc3[nH]2)c1. The lowest BCUT2D eigenvalue weighted by Crippen LogP contribution is -2.20. The van der Waals surface area contributed by atoms with Crippen LogP contribution in [0, 0.1) is 0 Å². The molecule has 122 valence electrons. The molecule has 0 saturated carbocycles. The third kappa shape index (κ3) is 3.63. The highest BCUT2D eigenvalue weighted by Crippen LogP contribution is 2.18. The van der Waals surface area contributed by atoms with E-state index in [-0.39, 0.29) is 0 Å². The van der Waals surface area contributed by atoms with E-state index in [0.717, 1.165) is 25.7 Å². The van der Waals surface area contributed by atoms with E-state index in [1.807, 2.05) is 18.2 Å². The number of nitrogens with zero attached hydrogens (tertiary/aromatic N) is 2. The van der Waals surface area contributed by atoms with Gasteiger partial charge in [-0.3, -0.25) is 9.29 Å². The molecule has 3 rings (SSSR count). The van der Waals surface area contributed by atoms with E-state index >= 15 is 0 Å². The molecule has 7 nitrogen and oxygen atoms in total. The van der Waals surface area contributed by atoms with Crippen LogP contribution >= 0.6 is 15.9 Å². The van der Waals surface area contributed by atoms with Gasteiger partial charge >= 0.3 is 0 Å². The topological polar surface area (TPSA) is 100 Å². The van der Waals surface area contributed by atoms with E-state index in [1.165, 1.54) is 12.4 Å². The Morgan fingerprint density at radius 1 is 1.43 bits per heavy atom. The Labute approximate surface area is 141 Å². The summed E-state index contributed by atoms with van der Waals surface area (Å²) in [6.45, 7) is 0.317. The summed E-state index contributed by atoms with van der Waals surface area (Å²) in [7, 11) is -3.35. The summed E-state index contributed by atoms with van der Waals surface area (Å²) in [5, 5.41) is 13.0. The normalized spacial score (nSPS) is 13.5. The van der Waals surface area contributed by atoms with Gasteiger partial charge < -0.3 is 10.1 Å². The quantitative estimate of drug-likeness (QED) is 0.568. The molecule has 1 unspecified atom stereocenters. The molecule has 3 N–H and O–H groups in total. The smallest absolute Gasteiger partial charge is 0.235 e. The van der Waals surface area contributed by atoms with Crippen molar-refractivity contribution < 1.29 is 13.5 Å². The van der Waals surface area contributed by atoms with Gasteiger partial charge in [0.2, 0.25) is 10.0 Å². The fourth-order valence-corrected chi connectivity index (χ4v) is 3.15. The zero-order valence-electron chi connectivity index (χ0n) is 12.2. The van der Waals surface area contributed by atoms with E-state index < -0.39 is 16.3 Å². The summed E-state index contributed by atoms with van der Waals surface area (Å²) >= 11 is 3.40. The first-order chi connectivity index (χ1) is 10.8. The zero-order chi connectivity index (χ0) is 16.6. The Balaban J connectivity index is 1.70. The van der Waals surface area contributed by atoms with Crippen LogP contribution in [-0.2, 0) is 16.6 Å². The number of hydrogen-bond donors (Lipinski definition) is 3. The minimum absolute atomic E-state index is 0.317. The van der Waals surface area contributed by atoms with Crippen LogP contribution in [0.4, 0.5) is 0 Å². The van der Waals surface area contributed by atoms with Crippen molar-refractivity contribution in [1.82, 2.24) is 19.3 Å². The number of aliphatic hydroxyl groups excluding tert-OH is 1. The molecule has 0 aliphatic heterocycles. The number of hydrogen-bond acceptors (Lipinski definition) is 5. The van der Waals surface area contributed by atoms with Gasteiger partial charge in [-0.05, 0) is 24.3 Å². The first-order valence-corrected chi connectivity index (χ1v) is 9.41. The largest absolute Gasteiger partial charge is 0.374 e. The summed E-state index contributed by atoms with van der Waals surface area (Å²) in [5.41, 5.74) is 2.20. The van der Waals surface area contributed by atoms with Gasteiger partial charge in [0.25, 0.3) is 0 Å². The maximum atomic E-state index is 11.4. The van der Waals surface area contributed by atoms with Gasteiger partial charge in [0, 0.05) is 22.4 Å². The van der Waals surface area contributed by atoms with Crippen LogP contribution in [0.1, 0.15) is 17.6 Å². The molecule has 0 spiro atoms. The second-order valence-electron chi connectivity index (χ2n) is 5.17. The molecule has 0 fully saturated rings. The maximum Gasteiger partial charge on any atom is 0.235 e. The number of nitrogens with one attached hydrogen (secondary N) is 2. The third-order valence-electron chi connectivity index (χ3n) is 3.34. The molecule has 0 radical (unpaired) electrons. The van der Waals surface area contributed by atoms with Gasteiger partial charge in [-0.1, -0.05) is 15.9 Å². The molecule has 2 heterocycles. The number of fused-ring (bicyclic) bond motifs is 1. The maximum absolute atomic E-state index is 11.4. The minimum Gasteiger partial charge on any atom is -0.374 e. The van der Waals surface area contributed by atoms with Crippen LogP contribution in [0.2, 0.25) is 0 Å². The van der Waals surface area contributed by atoms with E-state index in [0.29, 0.717) is 17.9 Å². The number of aromatic amines is 1. The van der Waals surface area contributed by atoms with Crippen LogP contribution < -0.4 is 5.32 Å². The number of benzene rings is 1. The third-order valence-corrected chi connectivity index (χ3v) is 4.83. The Morgan fingerprint density at radius 2 is 2.22 bits per heavy atom. The van der Waals surface area contributed by atoms with Crippen LogP contribution in [-0.4, -0.2) is 33.7 Å². The fourth-order valence-electron chi connectivity index (χ4n) is 2.19. The van der Waals surface area contributed by atoms with E-state index in [2.05, 4.69) is 31.2 Å².